The summed E-state index contributed by atoms with van der Waals surface area (Å²) in [5.74, 6) is 0.493. The van der Waals surface area contributed by atoms with Gasteiger partial charge < -0.3 is 5.32 Å². The summed E-state index contributed by atoms with van der Waals surface area (Å²) in [4.78, 5) is 20.4. The molecule has 2 N–H and O–H groups in total. The van der Waals surface area contributed by atoms with Crippen molar-refractivity contribution < 1.29 is 0 Å². The Morgan fingerprint density at radius 2 is 1.90 bits per heavy atom. The average Bonchev–Trinajstić information content (AvgIpc) is 2.53. The Bertz CT molecular complexity index is 812. The van der Waals surface area contributed by atoms with Crippen LogP contribution in [0.2, 0.25) is 0 Å². The molecule has 3 aromatic rings. The number of thioether (sulfide) groups is 1. The van der Waals surface area contributed by atoms with Crippen LogP contribution in [-0.4, -0.2) is 16.2 Å². The standard InChI is InChI=1S/C16H15N3OS/c1-21-12-8-6-11(7-9-12)10-17-16-18-14-5-3-2-4-13(14)15(20)19-16/h2-9H,10H2,1H3,(H2,17,18,19,20). The van der Waals surface area contributed by atoms with Gasteiger partial charge in [-0.1, -0.05) is 24.3 Å². The lowest BCUT2D eigenvalue weighted by molar-refractivity contribution is 1.05. The molecular formula is C16H15N3OS. The predicted molar refractivity (Wildman–Crippen MR) is 87.9 cm³/mol. The summed E-state index contributed by atoms with van der Waals surface area (Å²) in [6.45, 7) is 0.621. The molecule has 106 valence electrons. The van der Waals surface area contributed by atoms with Crippen molar-refractivity contribution in [1.82, 2.24) is 9.97 Å². The van der Waals surface area contributed by atoms with Crippen LogP contribution in [0.25, 0.3) is 10.9 Å². The van der Waals surface area contributed by atoms with E-state index in [0.29, 0.717) is 23.4 Å². The van der Waals surface area contributed by atoms with E-state index in [1.165, 1.54) is 4.90 Å². The van der Waals surface area contributed by atoms with Gasteiger partial charge in [-0.3, -0.25) is 9.78 Å². The van der Waals surface area contributed by atoms with Crippen molar-refractivity contribution in [3.63, 3.8) is 0 Å². The van der Waals surface area contributed by atoms with Crippen molar-refractivity contribution in [2.24, 2.45) is 0 Å². The highest BCUT2D eigenvalue weighted by Crippen LogP contribution is 2.15. The predicted octanol–water partition coefficient (Wildman–Crippen LogP) is 3.26. The zero-order valence-corrected chi connectivity index (χ0v) is 12.4. The number of rotatable bonds is 4. The quantitative estimate of drug-likeness (QED) is 0.726. The third-order valence-electron chi connectivity index (χ3n) is 3.23. The number of H-pyrrole nitrogens is 1. The van der Waals surface area contributed by atoms with Gasteiger partial charge in [0.25, 0.3) is 5.56 Å². The van der Waals surface area contributed by atoms with Crippen LogP contribution in [0.4, 0.5) is 5.95 Å². The van der Waals surface area contributed by atoms with E-state index in [9.17, 15) is 4.79 Å². The molecule has 0 saturated carbocycles. The van der Waals surface area contributed by atoms with E-state index in [1.807, 2.05) is 18.2 Å². The van der Waals surface area contributed by atoms with Gasteiger partial charge in [-0.2, -0.15) is 0 Å². The van der Waals surface area contributed by atoms with Gasteiger partial charge in [0, 0.05) is 11.4 Å². The van der Waals surface area contributed by atoms with Crippen LogP contribution in [0.15, 0.2) is 58.2 Å². The Morgan fingerprint density at radius 1 is 1.14 bits per heavy atom. The third kappa shape index (κ3) is 3.08. The Labute approximate surface area is 126 Å². The second-order valence-corrected chi connectivity index (χ2v) is 5.51. The number of nitrogens with zero attached hydrogens (tertiary/aromatic N) is 1. The molecule has 0 aliphatic heterocycles. The lowest BCUT2D eigenvalue weighted by atomic mass is 10.2. The average molecular weight is 297 g/mol. The van der Waals surface area contributed by atoms with Crippen LogP contribution < -0.4 is 10.9 Å². The van der Waals surface area contributed by atoms with Crippen molar-refractivity contribution in [3.8, 4) is 0 Å². The molecule has 0 fully saturated rings. The Hall–Kier alpha value is -2.27. The number of aromatic amines is 1. The van der Waals surface area contributed by atoms with Crippen molar-refractivity contribution in [2.45, 2.75) is 11.4 Å². The van der Waals surface area contributed by atoms with Gasteiger partial charge in [0.2, 0.25) is 5.95 Å². The molecule has 0 bridgehead atoms. The first-order valence-corrected chi connectivity index (χ1v) is 7.84. The number of aromatic nitrogens is 2. The van der Waals surface area contributed by atoms with Crippen LogP contribution in [0, 0.1) is 0 Å². The highest BCUT2D eigenvalue weighted by atomic mass is 32.2. The van der Waals surface area contributed by atoms with Crippen molar-refractivity contribution in [2.75, 3.05) is 11.6 Å². The van der Waals surface area contributed by atoms with E-state index in [-0.39, 0.29) is 5.56 Å². The zero-order chi connectivity index (χ0) is 14.7. The number of nitrogens with one attached hydrogen (secondary N) is 2. The summed E-state index contributed by atoms with van der Waals surface area (Å²) < 4.78 is 0. The maximum absolute atomic E-state index is 12.0. The molecule has 0 aliphatic carbocycles. The molecule has 4 nitrogen and oxygen atoms in total. The van der Waals surface area contributed by atoms with Gasteiger partial charge in [0.1, 0.15) is 0 Å². The molecule has 0 spiro atoms. The Kier molecular flexibility index (Phi) is 3.92. The minimum absolute atomic E-state index is 0.124. The van der Waals surface area contributed by atoms with E-state index in [4.69, 9.17) is 0 Å². The lowest BCUT2D eigenvalue weighted by Crippen LogP contribution is -2.13. The van der Waals surface area contributed by atoms with Crippen LogP contribution >= 0.6 is 11.8 Å². The molecule has 0 aliphatic rings. The largest absolute Gasteiger partial charge is 0.352 e. The molecule has 5 heteroatoms. The molecule has 21 heavy (non-hydrogen) atoms. The molecule has 0 atom stereocenters. The van der Waals surface area contributed by atoms with Gasteiger partial charge in [-0.15, -0.1) is 11.8 Å². The zero-order valence-electron chi connectivity index (χ0n) is 11.6. The number of hydrogen-bond acceptors (Lipinski definition) is 4. The van der Waals surface area contributed by atoms with E-state index in [0.717, 1.165) is 5.56 Å². The van der Waals surface area contributed by atoms with Crippen molar-refractivity contribution >= 4 is 28.6 Å². The SMILES string of the molecule is CSc1ccc(CNc2nc3ccccc3c(=O)[nH]2)cc1. The van der Waals surface area contributed by atoms with Crippen LogP contribution in [0.3, 0.4) is 0 Å². The monoisotopic (exact) mass is 297 g/mol. The molecule has 1 heterocycles. The Morgan fingerprint density at radius 3 is 2.67 bits per heavy atom. The summed E-state index contributed by atoms with van der Waals surface area (Å²) >= 11 is 1.72. The first-order valence-electron chi connectivity index (χ1n) is 6.62. The summed E-state index contributed by atoms with van der Waals surface area (Å²) in [7, 11) is 0. The molecule has 2 aromatic carbocycles. The highest BCUT2D eigenvalue weighted by Gasteiger charge is 2.02. The maximum Gasteiger partial charge on any atom is 0.260 e. The molecular weight excluding hydrogens is 282 g/mol. The minimum Gasteiger partial charge on any atom is -0.352 e. The van der Waals surface area contributed by atoms with Gasteiger partial charge in [-0.25, -0.2) is 4.98 Å². The maximum atomic E-state index is 12.0. The van der Waals surface area contributed by atoms with Crippen molar-refractivity contribution in [1.29, 1.82) is 0 Å². The fourth-order valence-electron chi connectivity index (χ4n) is 2.10. The number of anilines is 1. The van der Waals surface area contributed by atoms with E-state index < -0.39 is 0 Å². The van der Waals surface area contributed by atoms with Gasteiger partial charge in [-0.05, 0) is 36.1 Å². The molecule has 1 aromatic heterocycles. The number of hydrogen-bond donors (Lipinski definition) is 2. The minimum atomic E-state index is -0.124. The number of benzene rings is 2. The summed E-state index contributed by atoms with van der Waals surface area (Å²) in [5, 5.41) is 3.76. The van der Waals surface area contributed by atoms with Gasteiger partial charge in [0.05, 0.1) is 10.9 Å². The first-order chi connectivity index (χ1) is 10.3. The Balaban J connectivity index is 1.80. The summed E-state index contributed by atoms with van der Waals surface area (Å²) in [6, 6.07) is 15.6. The molecule has 0 radical (unpaired) electrons. The normalized spacial score (nSPS) is 10.7. The smallest absolute Gasteiger partial charge is 0.260 e. The summed E-state index contributed by atoms with van der Waals surface area (Å²) in [5.41, 5.74) is 1.71. The molecule has 3 rings (SSSR count). The second-order valence-electron chi connectivity index (χ2n) is 4.63. The fraction of sp³-hybridized carbons (Fsp3) is 0.125. The summed E-state index contributed by atoms with van der Waals surface area (Å²) in [6.07, 6.45) is 2.05. The number of fused-ring (bicyclic) bond motifs is 1. The van der Waals surface area contributed by atoms with E-state index in [2.05, 4.69) is 45.8 Å². The van der Waals surface area contributed by atoms with Crippen LogP contribution in [-0.2, 0) is 6.54 Å². The van der Waals surface area contributed by atoms with Crippen LogP contribution in [0.1, 0.15) is 5.56 Å². The first kappa shape index (κ1) is 13.7. The highest BCUT2D eigenvalue weighted by molar-refractivity contribution is 7.98. The third-order valence-corrected chi connectivity index (χ3v) is 3.98. The molecule has 0 amide bonds. The van der Waals surface area contributed by atoms with Gasteiger partial charge >= 0.3 is 0 Å². The fourth-order valence-corrected chi connectivity index (χ4v) is 2.51. The molecule has 0 saturated heterocycles. The molecule has 0 unspecified atom stereocenters. The van der Waals surface area contributed by atoms with E-state index in [1.54, 1.807) is 17.8 Å². The topological polar surface area (TPSA) is 57.8 Å². The van der Waals surface area contributed by atoms with Crippen LogP contribution in [0.5, 0.6) is 0 Å². The van der Waals surface area contributed by atoms with Gasteiger partial charge in [0.15, 0.2) is 0 Å². The second kappa shape index (κ2) is 6.01. The van der Waals surface area contributed by atoms with E-state index >= 15 is 0 Å². The lowest BCUT2D eigenvalue weighted by Gasteiger charge is -2.07. The van der Waals surface area contributed by atoms with Crippen molar-refractivity contribution in [3.05, 3.63) is 64.4 Å². The number of para-hydroxylation sites is 1.